The Morgan fingerprint density at radius 2 is 1.73 bits per heavy atom. The SMILES string of the molecule is N=Cc1c(Nc2ccc(Sc3ccccc3)cc2)s[nH]c1=O.NCC1CCCCC1. The number of aromatic amines is 1. The lowest BCUT2D eigenvalue weighted by Crippen LogP contribution is -2.16. The predicted molar refractivity (Wildman–Crippen MR) is 129 cm³/mol. The molecule has 0 bridgehead atoms. The van der Waals surface area contributed by atoms with Crippen LogP contribution in [0.25, 0.3) is 0 Å². The fourth-order valence-corrected chi connectivity index (χ4v) is 4.89. The Hall–Kier alpha value is -2.35. The molecule has 1 fully saturated rings. The van der Waals surface area contributed by atoms with Gasteiger partial charge in [0.15, 0.2) is 0 Å². The van der Waals surface area contributed by atoms with Crippen LogP contribution in [0.2, 0.25) is 0 Å². The lowest BCUT2D eigenvalue weighted by atomic mass is 9.90. The Morgan fingerprint density at radius 1 is 1.07 bits per heavy atom. The first-order chi connectivity index (χ1) is 14.7. The summed E-state index contributed by atoms with van der Waals surface area (Å²) < 4.78 is 2.62. The molecule has 5 nitrogen and oxygen atoms in total. The third-order valence-corrected chi connectivity index (χ3v) is 6.86. The van der Waals surface area contributed by atoms with E-state index in [9.17, 15) is 4.79 Å². The van der Waals surface area contributed by atoms with E-state index in [1.807, 2.05) is 42.5 Å². The summed E-state index contributed by atoms with van der Waals surface area (Å²) in [6.45, 7) is 0.917. The van der Waals surface area contributed by atoms with E-state index in [1.165, 1.54) is 48.5 Å². The van der Waals surface area contributed by atoms with Crippen molar-refractivity contribution in [1.82, 2.24) is 4.37 Å². The molecule has 1 aliphatic carbocycles. The zero-order chi connectivity index (χ0) is 21.2. The molecule has 1 aliphatic rings. The number of anilines is 2. The number of hydrogen-bond donors (Lipinski definition) is 4. The van der Waals surface area contributed by atoms with Gasteiger partial charge in [-0.05, 0) is 73.2 Å². The number of nitrogens with two attached hydrogens (primary N) is 1. The van der Waals surface area contributed by atoms with E-state index in [1.54, 1.807) is 11.8 Å². The van der Waals surface area contributed by atoms with Crippen molar-refractivity contribution in [2.45, 2.75) is 41.9 Å². The summed E-state index contributed by atoms with van der Waals surface area (Å²) >= 11 is 2.89. The number of H-pyrrole nitrogens is 1. The first-order valence-electron chi connectivity index (χ1n) is 10.2. The van der Waals surface area contributed by atoms with Crippen LogP contribution < -0.4 is 16.6 Å². The van der Waals surface area contributed by atoms with Gasteiger partial charge in [-0.25, -0.2) is 0 Å². The van der Waals surface area contributed by atoms with Crippen LogP contribution in [0.5, 0.6) is 0 Å². The van der Waals surface area contributed by atoms with Gasteiger partial charge in [-0.15, -0.1) is 0 Å². The van der Waals surface area contributed by atoms with Crippen molar-refractivity contribution in [2.24, 2.45) is 11.7 Å². The number of aromatic nitrogens is 1. The molecule has 2 aromatic carbocycles. The van der Waals surface area contributed by atoms with Crippen molar-refractivity contribution in [2.75, 3.05) is 11.9 Å². The number of benzene rings is 2. The summed E-state index contributed by atoms with van der Waals surface area (Å²) in [5, 5.41) is 11.1. The van der Waals surface area contributed by atoms with Gasteiger partial charge < -0.3 is 16.5 Å². The molecule has 158 valence electrons. The molecule has 0 spiro atoms. The van der Waals surface area contributed by atoms with Gasteiger partial charge in [0.05, 0.1) is 5.56 Å². The van der Waals surface area contributed by atoms with Gasteiger partial charge >= 0.3 is 0 Å². The summed E-state index contributed by atoms with van der Waals surface area (Å²) in [5.41, 5.74) is 6.51. The van der Waals surface area contributed by atoms with Crippen molar-refractivity contribution in [1.29, 1.82) is 5.41 Å². The minimum Gasteiger partial charge on any atom is -0.345 e. The van der Waals surface area contributed by atoms with Crippen LogP contribution in [-0.4, -0.2) is 17.1 Å². The zero-order valence-electron chi connectivity index (χ0n) is 16.9. The Kier molecular flexibility index (Phi) is 8.74. The van der Waals surface area contributed by atoms with Crippen molar-refractivity contribution in [3.8, 4) is 0 Å². The highest BCUT2D eigenvalue weighted by Crippen LogP contribution is 2.29. The maximum absolute atomic E-state index is 11.5. The Morgan fingerprint density at radius 3 is 2.33 bits per heavy atom. The second-order valence-corrected chi connectivity index (χ2v) is 9.19. The molecule has 0 saturated heterocycles. The van der Waals surface area contributed by atoms with Crippen molar-refractivity contribution >= 4 is 40.2 Å². The first kappa shape index (κ1) is 22.3. The summed E-state index contributed by atoms with van der Waals surface area (Å²) in [6.07, 6.45) is 8.12. The number of hydrogen-bond acceptors (Lipinski definition) is 6. The van der Waals surface area contributed by atoms with Gasteiger partial charge in [-0.3, -0.25) is 9.17 Å². The van der Waals surface area contributed by atoms with E-state index < -0.39 is 0 Å². The Bertz CT molecular complexity index is 961. The fraction of sp³-hybridized carbons (Fsp3) is 0.304. The van der Waals surface area contributed by atoms with Crippen molar-refractivity contribution in [3.05, 3.63) is 70.5 Å². The highest BCUT2D eigenvalue weighted by molar-refractivity contribution is 7.99. The highest BCUT2D eigenvalue weighted by Gasteiger charge is 2.10. The van der Waals surface area contributed by atoms with Crippen molar-refractivity contribution < 1.29 is 0 Å². The molecule has 0 radical (unpaired) electrons. The quantitative estimate of drug-likeness (QED) is 0.361. The molecule has 7 heteroatoms. The van der Waals surface area contributed by atoms with Crippen LogP contribution in [0, 0.1) is 11.3 Å². The van der Waals surface area contributed by atoms with E-state index in [0.717, 1.165) is 29.3 Å². The summed E-state index contributed by atoms with van der Waals surface area (Å²) in [7, 11) is 0. The molecule has 0 unspecified atom stereocenters. The standard InChI is InChI=1S/C16H13N3OS2.C7H15N/c17-10-14-15(20)19-22-16(14)18-11-6-8-13(9-7-11)21-12-4-2-1-3-5-12;8-6-7-4-2-1-3-5-7/h1-10,17-18H,(H,19,20);7H,1-6,8H2. The summed E-state index contributed by atoms with van der Waals surface area (Å²) in [4.78, 5) is 13.8. The number of nitrogens with one attached hydrogen (secondary N) is 3. The zero-order valence-corrected chi connectivity index (χ0v) is 18.5. The van der Waals surface area contributed by atoms with E-state index in [-0.39, 0.29) is 5.56 Å². The lowest BCUT2D eigenvalue weighted by molar-refractivity contribution is 0.366. The molecular weight excluding hydrogens is 412 g/mol. The monoisotopic (exact) mass is 440 g/mol. The minimum absolute atomic E-state index is 0.237. The van der Waals surface area contributed by atoms with Gasteiger partial charge in [0, 0.05) is 21.7 Å². The fourth-order valence-electron chi connectivity index (χ4n) is 3.32. The molecule has 30 heavy (non-hydrogen) atoms. The second-order valence-electron chi connectivity index (χ2n) is 7.22. The van der Waals surface area contributed by atoms with Crippen LogP contribution in [-0.2, 0) is 0 Å². The van der Waals surface area contributed by atoms with Crippen LogP contribution in [0.1, 0.15) is 37.7 Å². The van der Waals surface area contributed by atoms with E-state index in [2.05, 4.69) is 21.8 Å². The third kappa shape index (κ3) is 6.58. The molecule has 0 aliphatic heterocycles. The molecule has 0 amide bonds. The first-order valence-corrected chi connectivity index (χ1v) is 11.8. The molecule has 1 aromatic heterocycles. The Labute approximate surface area is 185 Å². The van der Waals surface area contributed by atoms with Crippen molar-refractivity contribution in [3.63, 3.8) is 0 Å². The van der Waals surface area contributed by atoms with E-state index in [4.69, 9.17) is 11.1 Å². The molecular formula is C23H28N4OS2. The normalized spacial score (nSPS) is 13.9. The minimum atomic E-state index is -0.237. The Balaban J connectivity index is 0.000000269. The van der Waals surface area contributed by atoms with Gasteiger partial charge in [-0.2, -0.15) is 0 Å². The summed E-state index contributed by atoms with van der Waals surface area (Å²) in [6, 6.07) is 18.2. The van der Waals surface area contributed by atoms with E-state index >= 15 is 0 Å². The third-order valence-electron chi connectivity index (χ3n) is 5.03. The molecule has 1 saturated carbocycles. The number of rotatable bonds is 6. The predicted octanol–water partition coefficient (Wildman–Crippen LogP) is 5.85. The maximum Gasteiger partial charge on any atom is 0.269 e. The van der Waals surface area contributed by atoms with Crippen LogP contribution in [0.15, 0.2) is 69.2 Å². The maximum atomic E-state index is 11.5. The van der Waals surface area contributed by atoms with Gasteiger partial charge in [0.2, 0.25) is 0 Å². The van der Waals surface area contributed by atoms with Crippen LogP contribution in [0.3, 0.4) is 0 Å². The molecule has 0 atom stereocenters. The average Bonchev–Trinajstić information content (AvgIpc) is 3.15. The summed E-state index contributed by atoms with van der Waals surface area (Å²) in [5.74, 6) is 0.865. The highest BCUT2D eigenvalue weighted by atomic mass is 32.2. The second kappa shape index (κ2) is 11.7. The molecule has 3 aromatic rings. The smallest absolute Gasteiger partial charge is 0.269 e. The van der Waals surface area contributed by atoms with Crippen LogP contribution >= 0.6 is 23.3 Å². The van der Waals surface area contributed by atoms with E-state index in [0.29, 0.717) is 10.6 Å². The molecule has 5 N–H and O–H groups in total. The topological polar surface area (TPSA) is 94.8 Å². The largest absolute Gasteiger partial charge is 0.345 e. The molecule has 4 rings (SSSR count). The van der Waals surface area contributed by atoms with Gasteiger partial charge in [0.1, 0.15) is 5.00 Å². The lowest BCUT2D eigenvalue weighted by Gasteiger charge is -2.18. The average molecular weight is 441 g/mol. The van der Waals surface area contributed by atoms with Gasteiger partial charge in [-0.1, -0.05) is 49.2 Å². The van der Waals surface area contributed by atoms with Crippen LogP contribution in [0.4, 0.5) is 10.7 Å². The molecule has 1 heterocycles. The van der Waals surface area contributed by atoms with Gasteiger partial charge in [0.25, 0.3) is 5.56 Å².